The molecule has 1 saturated carbocycles. The molecule has 0 unspecified atom stereocenters. The van der Waals surface area contributed by atoms with Gasteiger partial charge >= 0.3 is 0 Å². The van der Waals surface area contributed by atoms with Crippen LogP contribution < -0.4 is 11.1 Å². The molecule has 0 saturated heterocycles. The Labute approximate surface area is 206 Å². The smallest absolute Gasteiger partial charge is 0.274 e. The highest BCUT2D eigenvalue weighted by molar-refractivity contribution is 6.03. The Bertz CT molecular complexity index is 1240. The zero-order valence-electron chi connectivity index (χ0n) is 19.6. The number of pyridine rings is 2. The molecule has 3 aromatic rings. The van der Waals surface area contributed by atoms with Crippen molar-refractivity contribution in [3.63, 3.8) is 0 Å². The standard InChI is InChI=1S/C26H27F3N4O3/c1-13-6-14(8-16(30)7-13)17-4-5-31-11-22(17)33-26(36)21-3-2-18(27)25(32-21)24-19(28)9-15(10-20(24)29)23(35)12-34/h2-5,9-11,13-14,16,23,34-35H,6-8,12,30H2,1H3,(H,33,36)/t13-,14+,16+,23+/m0/s1. The van der Waals surface area contributed by atoms with Gasteiger partial charge in [0.2, 0.25) is 0 Å². The van der Waals surface area contributed by atoms with Crippen molar-refractivity contribution in [1.82, 2.24) is 9.97 Å². The summed E-state index contributed by atoms with van der Waals surface area (Å²) < 4.78 is 44.0. The summed E-state index contributed by atoms with van der Waals surface area (Å²) in [5.74, 6) is -3.59. The summed E-state index contributed by atoms with van der Waals surface area (Å²) >= 11 is 0. The lowest BCUT2D eigenvalue weighted by Gasteiger charge is -2.32. The Morgan fingerprint density at radius 3 is 2.53 bits per heavy atom. The monoisotopic (exact) mass is 500 g/mol. The maximum absolute atomic E-state index is 14.7. The van der Waals surface area contributed by atoms with E-state index in [0.29, 0.717) is 11.6 Å². The summed E-state index contributed by atoms with van der Waals surface area (Å²) in [6.45, 7) is 1.38. The molecule has 1 aromatic carbocycles. The van der Waals surface area contributed by atoms with Crippen LogP contribution in [0.4, 0.5) is 18.9 Å². The minimum absolute atomic E-state index is 0.0477. The second-order valence-corrected chi connectivity index (χ2v) is 9.27. The highest BCUT2D eigenvalue weighted by Gasteiger charge is 2.28. The number of amides is 1. The van der Waals surface area contributed by atoms with E-state index in [-0.39, 0.29) is 23.2 Å². The Morgan fingerprint density at radius 2 is 1.86 bits per heavy atom. The summed E-state index contributed by atoms with van der Waals surface area (Å²) in [6.07, 6.45) is 4.22. The summed E-state index contributed by atoms with van der Waals surface area (Å²) in [7, 11) is 0. The number of aliphatic hydroxyl groups excluding tert-OH is 2. The molecule has 0 aliphatic heterocycles. The molecule has 0 radical (unpaired) electrons. The fourth-order valence-corrected chi connectivity index (χ4v) is 4.82. The first-order valence-corrected chi connectivity index (χ1v) is 11.6. The summed E-state index contributed by atoms with van der Waals surface area (Å²) in [4.78, 5) is 21.0. The van der Waals surface area contributed by atoms with Crippen LogP contribution in [0.15, 0.2) is 42.7 Å². The van der Waals surface area contributed by atoms with E-state index >= 15 is 0 Å². The molecule has 2 heterocycles. The lowest BCUT2D eigenvalue weighted by Crippen LogP contribution is -2.31. The van der Waals surface area contributed by atoms with Gasteiger partial charge in [0.05, 0.1) is 24.1 Å². The number of hydrogen-bond donors (Lipinski definition) is 4. The lowest BCUT2D eigenvalue weighted by molar-refractivity contribution is 0.0951. The van der Waals surface area contributed by atoms with E-state index in [1.54, 1.807) is 6.20 Å². The zero-order chi connectivity index (χ0) is 26.0. The number of nitrogens with one attached hydrogen (secondary N) is 1. The van der Waals surface area contributed by atoms with Crippen LogP contribution in [-0.4, -0.2) is 38.7 Å². The van der Waals surface area contributed by atoms with Crippen LogP contribution >= 0.6 is 0 Å². The van der Waals surface area contributed by atoms with Crippen LogP contribution in [0, 0.1) is 23.4 Å². The third-order valence-electron chi connectivity index (χ3n) is 6.46. The van der Waals surface area contributed by atoms with Crippen molar-refractivity contribution >= 4 is 11.6 Å². The summed E-state index contributed by atoms with van der Waals surface area (Å²) in [6, 6.07) is 5.45. The molecule has 5 N–H and O–H groups in total. The van der Waals surface area contributed by atoms with E-state index in [1.165, 1.54) is 6.20 Å². The Balaban J connectivity index is 1.64. The zero-order valence-corrected chi connectivity index (χ0v) is 19.6. The minimum Gasteiger partial charge on any atom is -0.393 e. The van der Waals surface area contributed by atoms with Crippen LogP contribution in [0.1, 0.15) is 59.8 Å². The van der Waals surface area contributed by atoms with Gasteiger partial charge in [-0.2, -0.15) is 0 Å². The molecule has 10 heteroatoms. The van der Waals surface area contributed by atoms with Crippen molar-refractivity contribution in [3.8, 4) is 11.3 Å². The second-order valence-electron chi connectivity index (χ2n) is 9.27. The normalized spacial score (nSPS) is 20.7. The van der Waals surface area contributed by atoms with E-state index in [9.17, 15) is 23.1 Å². The average Bonchev–Trinajstić information content (AvgIpc) is 2.83. The molecule has 2 aromatic heterocycles. The third kappa shape index (κ3) is 5.40. The lowest BCUT2D eigenvalue weighted by atomic mass is 9.76. The largest absolute Gasteiger partial charge is 0.393 e. The van der Waals surface area contributed by atoms with Crippen molar-refractivity contribution in [2.75, 3.05) is 11.9 Å². The van der Waals surface area contributed by atoms with Crippen molar-refractivity contribution < 1.29 is 28.2 Å². The SMILES string of the molecule is C[C@@H]1C[C@@H](N)C[C@H](c2ccncc2NC(=O)c2ccc(F)c(-c3c(F)cc([C@H](O)CO)cc3F)n2)C1. The predicted octanol–water partition coefficient (Wildman–Crippen LogP) is 4.07. The second kappa shape index (κ2) is 10.7. The van der Waals surface area contributed by atoms with Crippen LogP contribution in [-0.2, 0) is 0 Å². The Morgan fingerprint density at radius 1 is 1.14 bits per heavy atom. The van der Waals surface area contributed by atoms with E-state index in [4.69, 9.17) is 10.8 Å². The molecule has 1 aliphatic rings. The number of aromatic nitrogens is 2. The third-order valence-corrected chi connectivity index (χ3v) is 6.46. The highest BCUT2D eigenvalue weighted by atomic mass is 19.1. The first-order valence-electron chi connectivity index (χ1n) is 11.6. The molecular weight excluding hydrogens is 473 g/mol. The van der Waals surface area contributed by atoms with E-state index in [1.807, 2.05) is 6.07 Å². The molecule has 7 nitrogen and oxygen atoms in total. The number of benzene rings is 1. The molecule has 190 valence electrons. The maximum Gasteiger partial charge on any atom is 0.274 e. The van der Waals surface area contributed by atoms with Crippen LogP contribution in [0.5, 0.6) is 0 Å². The van der Waals surface area contributed by atoms with Gasteiger partial charge in [0.25, 0.3) is 5.91 Å². The van der Waals surface area contributed by atoms with E-state index < -0.39 is 47.3 Å². The summed E-state index contributed by atoms with van der Waals surface area (Å²) in [5, 5.41) is 21.4. The number of hydrogen-bond acceptors (Lipinski definition) is 6. The number of nitrogens with two attached hydrogens (primary N) is 1. The van der Waals surface area contributed by atoms with Crippen LogP contribution in [0.2, 0.25) is 0 Å². The van der Waals surface area contributed by atoms with Gasteiger partial charge in [0.1, 0.15) is 34.9 Å². The molecule has 4 rings (SSSR count). The van der Waals surface area contributed by atoms with Gasteiger partial charge in [-0.05, 0) is 72.6 Å². The number of carbonyl (C=O) groups excluding carboxylic acids is 1. The molecular formula is C26H27F3N4O3. The van der Waals surface area contributed by atoms with Gasteiger partial charge in [-0.3, -0.25) is 9.78 Å². The van der Waals surface area contributed by atoms with Crippen molar-refractivity contribution in [1.29, 1.82) is 0 Å². The molecule has 1 amide bonds. The summed E-state index contributed by atoms with van der Waals surface area (Å²) in [5.41, 5.74) is 5.58. The minimum atomic E-state index is -1.51. The number of aliphatic hydroxyl groups is 2. The first-order chi connectivity index (χ1) is 17.2. The molecule has 36 heavy (non-hydrogen) atoms. The first kappa shape index (κ1) is 25.7. The Kier molecular flexibility index (Phi) is 7.67. The van der Waals surface area contributed by atoms with E-state index in [0.717, 1.165) is 49.1 Å². The number of halogens is 3. The molecule has 1 fully saturated rings. The number of nitrogens with zero attached hydrogens (tertiary/aromatic N) is 2. The molecule has 1 aliphatic carbocycles. The van der Waals surface area contributed by atoms with Gasteiger partial charge < -0.3 is 21.3 Å². The number of carbonyl (C=O) groups is 1. The van der Waals surface area contributed by atoms with Crippen molar-refractivity contribution in [2.24, 2.45) is 11.7 Å². The van der Waals surface area contributed by atoms with Crippen molar-refractivity contribution in [3.05, 3.63) is 77.0 Å². The predicted molar refractivity (Wildman–Crippen MR) is 128 cm³/mol. The quantitative estimate of drug-likeness (QED) is 0.405. The molecule has 4 atom stereocenters. The molecule has 0 spiro atoms. The van der Waals surface area contributed by atoms with Gasteiger partial charge in [-0.15, -0.1) is 0 Å². The van der Waals surface area contributed by atoms with Gasteiger partial charge in [0, 0.05) is 12.2 Å². The topological polar surface area (TPSA) is 121 Å². The number of anilines is 1. The fraction of sp³-hybridized carbons (Fsp3) is 0.346. The highest BCUT2D eigenvalue weighted by Crippen LogP contribution is 2.38. The van der Waals surface area contributed by atoms with Gasteiger partial charge in [0.15, 0.2) is 0 Å². The van der Waals surface area contributed by atoms with Gasteiger partial charge in [-0.1, -0.05) is 6.92 Å². The Hall–Kier alpha value is -3.34. The number of rotatable bonds is 6. The molecule has 0 bridgehead atoms. The van der Waals surface area contributed by atoms with Crippen LogP contribution in [0.25, 0.3) is 11.3 Å². The maximum atomic E-state index is 14.7. The van der Waals surface area contributed by atoms with E-state index in [2.05, 4.69) is 22.2 Å². The fourth-order valence-electron chi connectivity index (χ4n) is 4.82. The van der Waals surface area contributed by atoms with Crippen LogP contribution in [0.3, 0.4) is 0 Å². The van der Waals surface area contributed by atoms with Crippen molar-refractivity contribution in [2.45, 2.75) is 44.2 Å². The van der Waals surface area contributed by atoms with Gasteiger partial charge in [-0.25, -0.2) is 18.2 Å². The average molecular weight is 501 g/mol.